The summed E-state index contributed by atoms with van der Waals surface area (Å²) >= 11 is 0. The third-order valence-electron chi connectivity index (χ3n) is 15.3. The number of ether oxygens (including phenoxy) is 3. The second-order valence-electron chi connectivity index (χ2n) is 24.7. The van der Waals surface area contributed by atoms with Crippen molar-refractivity contribution in [2.45, 2.75) is 309 Å². The smallest absolute Gasteiger partial charge is 0.463 e. The van der Waals surface area contributed by atoms with Gasteiger partial charge in [0, 0.05) is 19.3 Å². The van der Waals surface area contributed by atoms with Gasteiger partial charge in [0.1, 0.15) is 25.4 Å². The molecule has 0 saturated heterocycles. The number of carbonyl (C=O) groups excluding carboxylic acids is 3. The summed E-state index contributed by atoms with van der Waals surface area (Å²) in [5.74, 6) is -1.61. The van der Waals surface area contributed by atoms with Crippen molar-refractivity contribution >= 4 is 33.6 Å². The van der Waals surface area contributed by atoms with Gasteiger partial charge in [-0.1, -0.05) is 270 Å². The lowest BCUT2D eigenvalue weighted by molar-refractivity contribution is -0.161. The van der Waals surface area contributed by atoms with Crippen molar-refractivity contribution in [1.82, 2.24) is 0 Å². The molecule has 5 atom stereocenters. The zero-order valence-electron chi connectivity index (χ0n) is 60.5. The third kappa shape index (κ3) is 72.8. The highest BCUT2D eigenvalue weighted by molar-refractivity contribution is 7.47. The topological polar surface area (TPSA) is 231 Å². The second-order valence-corrected chi connectivity index (χ2v) is 27.6. The van der Waals surface area contributed by atoms with Gasteiger partial charge in [0.15, 0.2) is 6.10 Å². The van der Waals surface area contributed by atoms with Crippen LogP contribution in [0.4, 0.5) is 0 Å². The minimum Gasteiger partial charge on any atom is -0.463 e. The number of allylic oxidation sites excluding steroid dienone is 22. The number of carbonyl (C=O) groups is 3. The van der Waals surface area contributed by atoms with E-state index in [-0.39, 0.29) is 19.3 Å². The first-order valence-corrected chi connectivity index (χ1v) is 40.5. The molecule has 4 N–H and O–H groups in total. The van der Waals surface area contributed by atoms with Gasteiger partial charge in [0.05, 0.1) is 26.4 Å². The van der Waals surface area contributed by atoms with E-state index >= 15 is 0 Å². The first kappa shape index (κ1) is 92.7. The number of phosphoric acid groups is 2. The molecule has 0 aliphatic rings. The number of phosphoric ester groups is 2. The van der Waals surface area contributed by atoms with Crippen LogP contribution in [0.1, 0.15) is 290 Å². The molecule has 0 aromatic heterocycles. The summed E-state index contributed by atoms with van der Waals surface area (Å²) < 4.78 is 61.0. The van der Waals surface area contributed by atoms with E-state index in [0.29, 0.717) is 19.3 Å². The van der Waals surface area contributed by atoms with Crippen LogP contribution < -0.4 is 0 Å². The average molecular weight is 1400 g/mol. The zero-order valence-corrected chi connectivity index (χ0v) is 62.2. The molecular weight excluding hydrogens is 1270 g/mol. The molecule has 18 heteroatoms. The molecule has 0 spiro atoms. The van der Waals surface area contributed by atoms with Gasteiger partial charge >= 0.3 is 33.6 Å². The summed E-state index contributed by atoms with van der Waals surface area (Å²) in [6, 6.07) is 0. The van der Waals surface area contributed by atoms with Crippen LogP contribution in [0.2, 0.25) is 0 Å². The fraction of sp³-hybridized carbons (Fsp3) is 0.684. The van der Waals surface area contributed by atoms with Gasteiger partial charge in [-0.3, -0.25) is 32.5 Å². The summed E-state index contributed by atoms with van der Waals surface area (Å²) in [6.07, 6.45) is 84.9. The molecule has 0 heterocycles. The normalized spacial score (nSPS) is 14.8. The molecule has 16 nitrogen and oxygen atoms in total. The molecule has 0 aromatic rings. The zero-order chi connectivity index (χ0) is 70.9. The van der Waals surface area contributed by atoms with Crippen molar-refractivity contribution in [3.63, 3.8) is 0 Å². The molecule has 5 unspecified atom stereocenters. The molecule has 0 rings (SSSR count). The van der Waals surface area contributed by atoms with E-state index in [2.05, 4.69) is 154 Å². The van der Waals surface area contributed by atoms with Crippen molar-refractivity contribution in [3.05, 3.63) is 134 Å². The molecule has 0 radical (unpaired) electrons. The Morgan fingerprint density at radius 2 is 0.546 bits per heavy atom. The van der Waals surface area contributed by atoms with Crippen molar-refractivity contribution in [2.24, 2.45) is 0 Å². The van der Waals surface area contributed by atoms with Gasteiger partial charge in [-0.15, -0.1) is 0 Å². The number of hydrogen-bond acceptors (Lipinski definition) is 14. The fourth-order valence-corrected chi connectivity index (χ4v) is 11.3. The molecule has 0 aliphatic heterocycles. The van der Waals surface area contributed by atoms with Crippen LogP contribution in [-0.2, 0) is 55.8 Å². The molecule has 0 amide bonds. The Labute approximate surface area is 588 Å². The lowest BCUT2D eigenvalue weighted by Crippen LogP contribution is -2.30. The van der Waals surface area contributed by atoms with Gasteiger partial charge in [0.2, 0.25) is 0 Å². The molecule has 0 aliphatic carbocycles. The van der Waals surface area contributed by atoms with Gasteiger partial charge in [-0.05, 0) is 135 Å². The molecule has 0 bridgehead atoms. The van der Waals surface area contributed by atoms with Gasteiger partial charge in [0.25, 0.3) is 0 Å². The molecule has 97 heavy (non-hydrogen) atoms. The molecule has 0 aromatic carbocycles. The summed E-state index contributed by atoms with van der Waals surface area (Å²) in [6.45, 7) is 2.39. The van der Waals surface area contributed by atoms with Gasteiger partial charge < -0.3 is 34.2 Å². The summed E-state index contributed by atoms with van der Waals surface area (Å²) in [7, 11) is -9.80. The fourth-order valence-electron chi connectivity index (χ4n) is 9.68. The van der Waals surface area contributed by atoms with Crippen molar-refractivity contribution in [3.8, 4) is 0 Å². The maximum absolute atomic E-state index is 12.9. The van der Waals surface area contributed by atoms with Crippen molar-refractivity contribution < 1.29 is 75.8 Å². The Bertz CT molecular complexity index is 2300. The number of aliphatic hydroxyl groups is 2. The lowest BCUT2D eigenvalue weighted by Gasteiger charge is -2.21. The molecular formula is C79H134O16P2. The number of unbranched alkanes of at least 4 members (excludes halogenated alkanes) is 25. The lowest BCUT2D eigenvalue weighted by atomic mass is 10.0. The number of esters is 3. The highest BCUT2D eigenvalue weighted by Gasteiger charge is 2.29. The Hall–Kier alpha value is -4.31. The standard InChI is InChI=1S/C79H134O16P2/c1-4-7-10-13-16-19-22-25-28-30-32-33-34-35-36-37-38-39-41-43-45-47-50-53-56-59-62-65-77(82)89-68-74(80)69-91-96(85,86)92-70-75(81)71-93-97(87,88)94-73-76(95-79(84)67-64-61-58-55-52-49-44-27-24-21-18-15-12-9-6-3)72-90-78(83)66-63-60-57-54-51-48-46-42-40-31-29-26-23-20-17-14-11-8-5-2/h7-8,10-11,16-21,25-29,32-33,35-36,40,42,44,74-76,80-81H,4-6,9,12-15,22-24,30-31,34,37-39,41,43,45-73H2,1-3H3,(H,85,86)(H,87,88)/b10-7-,11-8-,19-16-,20-17-,21-18-,28-25-,29-26-,33-32-,36-35-,42-40-,44-27-. The summed E-state index contributed by atoms with van der Waals surface area (Å²) in [5, 5.41) is 20.6. The van der Waals surface area contributed by atoms with Crippen LogP contribution in [-0.4, -0.2) is 95.9 Å². The van der Waals surface area contributed by atoms with E-state index in [0.717, 1.165) is 167 Å². The Morgan fingerprint density at radius 3 is 0.866 bits per heavy atom. The Kier molecular flexibility index (Phi) is 68.3. The van der Waals surface area contributed by atoms with Crippen LogP contribution in [0.25, 0.3) is 0 Å². The van der Waals surface area contributed by atoms with E-state index in [9.17, 15) is 43.5 Å². The quantitative estimate of drug-likeness (QED) is 0.0146. The van der Waals surface area contributed by atoms with Gasteiger partial charge in [-0.25, -0.2) is 9.13 Å². The summed E-state index contributed by atoms with van der Waals surface area (Å²) in [4.78, 5) is 58.5. The predicted molar refractivity (Wildman–Crippen MR) is 399 cm³/mol. The number of aliphatic hydroxyl groups excluding tert-OH is 2. The maximum Gasteiger partial charge on any atom is 0.472 e. The van der Waals surface area contributed by atoms with E-state index in [1.165, 1.54) is 64.2 Å². The minimum absolute atomic E-state index is 0.0825. The SMILES string of the molecule is CC/C=C\C/C=C\C/C=C\C/C=C\C/C=C\CCCCCCCCCCCCCC(=O)OCC(O)COP(=O)(O)OCC(O)COP(=O)(O)OCC(COC(=O)CCCCCCCC/C=C\C/C=C\C/C=C\C/C=C\CC)OC(=O)CCCCCCC/C=C\C/C=C\CCCCC. The number of hydrogen-bond donors (Lipinski definition) is 4. The molecule has 556 valence electrons. The number of rotatable bonds is 70. The third-order valence-corrected chi connectivity index (χ3v) is 17.2. The highest BCUT2D eigenvalue weighted by atomic mass is 31.2. The predicted octanol–water partition coefficient (Wildman–Crippen LogP) is 21.5. The highest BCUT2D eigenvalue weighted by Crippen LogP contribution is 2.45. The second kappa shape index (κ2) is 71.5. The Balaban J connectivity index is 4.58. The van der Waals surface area contributed by atoms with Crippen LogP contribution in [0, 0.1) is 0 Å². The maximum atomic E-state index is 12.9. The average Bonchev–Trinajstić information content (AvgIpc) is 1.86. The van der Waals surface area contributed by atoms with Crippen LogP contribution in [0.15, 0.2) is 134 Å². The van der Waals surface area contributed by atoms with Crippen molar-refractivity contribution in [1.29, 1.82) is 0 Å². The minimum atomic E-state index is -4.94. The largest absolute Gasteiger partial charge is 0.472 e. The van der Waals surface area contributed by atoms with E-state index < -0.39 is 91.5 Å². The monoisotopic (exact) mass is 1400 g/mol. The first-order valence-electron chi connectivity index (χ1n) is 37.5. The van der Waals surface area contributed by atoms with Crippen molar-refractivity contribution in [2.75, 3.05) is 39.6 Å². The first-order chi connectivity index (χ1) is 47.2. The van der Waals surface area contributed by atoms with E-state index in [1.54, 1.807) is 0 Å². The summed E-state index contributed by atoms with van der Waals surface area (Å²) in [5.41, 5.74) is 0. The van der Waals surface area contributed by atoms with Crippen LogP contribution in [0.5, 0.6) is 0 Å². The van der Waals surface area contributed by atoms with Crippen LogP contribution >= 0.6 is 15.6 Å². The molecule has 0 fully saturated rings. The van der Waals surface area contributed by atoms with E-state index in [1.807, 2.05) is 0 Å². The van der Waals surface area contributed by atoms with E-state index in [4.69, 9.17) is 32.3 Å². The Morgan fingerprint density at radius 1 is 0.299 bits per heavy atom. The molecule has 0 saturated carbocycles. The van der Waals surface area contributed by atoms with Crippen LogP contribution in [0.3, 0.4) is 0 Å². The van der Waals surface area contributed by atoms with Gasteiger partial charge in [-0.2, -0.15) is 0 Å².